The van der Waals surface area contributed by atoms with Crippen LogP contribution in [-0.4, -0.2) is 29.0 Å². The largest absolute Gasteiger partial charge is 0.358 e. The van der Waals surface area contributed by atoms with Crippen molar-refractivity contribution in [3.63, 3.8) is 0 Å². The standard InChI is InChI=1S/C19H18ClN3O/c20-13-5-7-14(8-6-13)21-19(24)23-11-9-16-15-3-1-2-4-17(15)22-18(16)10-12-23/h1-8,22H,9-12H2,(H,21,24). The first-order chi connectivity index (χ1) is 11.7. The van der Waals surface area contributed by atoms with E-state index in [9.17, 15) is 4.79 Å². The number of fused-ring (bicyclic) bond motifs is 3. The number of aromatic amines is 1. The lowest BCUT2D eigenvalue weighted by molar-refractivity contribution is 0.214. The molecule has 5 heteroatoms. The monoisotopic (exact) mass is 339 g/mol. The molecule has 2 heterocycles. The van der Waals surface area contributed by atoms with E-state index in [1.807, 2.05) is 23.1 Å². The maximum Gasteiger partial charge on any atom is 0.321 e. The Morgan fingerprint density at radius 3 is 2.62 bits per heavy atom. The van der Waals surface area contributed by atoms with Crippen LogP contribution in [0.1, 0.15) is 11.3 Å². The molecule has 3 aromatic rings. The first-order valence-electron chi connectivity index (χ1n) is 8.10. The van der Waals surface area contributed by atoms with Crippen LogP contribution in [0, 0.1) is 0 Å². The van der Waals surface area contributed by atoms with Crippen molar-refractivity contribution in [2.75, 3.05) is 18.4 Å². The van der Waals surface area contributed by atoms with E-state index in [1.54, 1.807) is 12.1 Å². The molecule has 0 aliphatic carbocycles. The summed E-state index contributed by atoms with van der Waals surface area (Å²) in [6.07, 6.45) is 1.71. The molecule has 1 aromatic heterocycles. The molecule has 0 fully saturated rings. The van der Waals surface area contributed by atoms with Gasteiger partial charge >= 0.3 is 6.03 Å². The van der Waals surface area contributed by atoms with Crippen LogP contribution in [-0.2, 0) is 12.8 Å². The number of nitrogens with one attached hydrogen (secondary N) is 2. The molecule has 122 valence electrons. The van der Waals surface area contributed by atoms with Crippen molar-refractivity contribution < 1.29 is 4.79 Å². The van der Waals surface area contributed by atoms with E-state index in [-0.39, 0.29) is 6.03 Å². The Kier molecular flexibility index (Phi) is 3.90. The molecule has 1 aliphatic rings. The highest BCUT2D eigenvalue weighted by Crippen LogP contribution is 2.26. The molecule has 0 radical (unpaired) electrons. The van der Waals surface area contributed by atoms with Gasteiger partial charge in [-0.1, -0.05) is 29.8 Å². The van der Waals surface area contributed by atoms with Gasteiger partial charge in [0.2, 0.25) is 0 Å². The predicted octanol–water partition coefficient (Wildman–Crippen LogP) is 4.45. The number of rotatable bonds is 1. The summed E-state index contributed by atoms with van der Waals surface area (Å²) in [5.41, 5.74) is 4.53. The van der Waals surface area contributed by atoms with Crippen LogP contribution in [0.2, 0.25) is 5.02 Å². The summed E-state index contributed by atoms with van der Waals surface area (Å²) < 4.78 is 0. The Bertz CT molecular complexity index is 885. The first kappa shape index (κ1) is 15.1. The summed E-state index contributed by atoms with van der Waals surface area (Å²) in [5, 5.41) is 4.87. The minimum atomic E-state index is -0.0632. The second-order valence-electron chi connectivity index (χ2n) is 6.05. The Hall–Kier alpha value is -2.46. The second-order valence-corrected chi connectivity index (χ2v) is 6.49. The van der Waals surface area contributed by atoms with Crippen LogP contribution in [0.3, 0.4) is 0 Å². The van der Waals surface area contributed by atoms with Gasteiger partial charge in [0.15, 0.2) is 0 Å². The van der Waals surface area contributed by atoms with Crippen molar-refractivity contribution in [1.82, 2.24) is 9.88 Å². The molecular weight excluding hydrogens is 322 g/mol. The van der Waals surface area contributed by atoms with Crippen LogP contribution in [0.5, 0.6) is 0 Å². The van der Waals surface area contributed by atoms with Crippen LogP contribution >= 0.6 is 11.6 Å². The number of H-pyrrole nitrogens is 1. The third kappa shape index (κ3) is 2.85. The Morgan fingerprint density at radius 1 is 1.04 bits per heavy atom. The van der Waals surface area contributed by atoms with E-state index in [1.165, 1.54) is 22.2 Å². The van der Waals surface area contributed by atoms with Gasteiger partial charge in [-0.25, -0.2) is 4.79 Å². The third-order valence-electron chi connectivity index (χ3n) is 4.55. The lowest BCUT2D eigenvalue weighted by Gasteiger charge is -2.21. The second kappa shape index (κ2) is 6.21. The Morgan fingerprint density at radius 2 is 1.79 bits per heavy atom. The molecule has 4 rings (SSSR count). The van der Waals surface area contributed by atoms with Crippen LogP contribution in [0.15, 0.2) is 48.5 Å². The van der Waals surface area contributed by atoms with E-state index < -0.39 is 0 Å². The number of halogens is 1. The number of benzene rings is 2. The molecule has 2 N–H and O–H groups in total. The van der Waals surface area contributed by atoms with Crippen molar-refractivity contribution in [1.29, 1.82) is 0 Å². The highest BCUT2D eigenvalue weighted by molar-refractivity contribution is 6.30. The maximum absolute atomic E-state index is 12.5. The number of anilines is 1. The number of aromatic nitrogens is 1. The smallest absolute Gasteiger partial charge is 0.321 e. The molecule has 1 aliphatic heterocycles. The first-order valence-corrected chi connectivity index (χ1v) is 8.48. The third-order valence-corrected chi connectivity index (χ3v) is 4.80. The molecule has 0 atom stereocenters. The van der Waals surface area contributed by atoms with Crippen LogP contribution in [0.4, 0.5) is 10.5 Å². The van der Waals surface area contributed by atoms with Crippen molar-refractivity contribution in [3.8, 4) is 0 Å². The van der Waals surface area contributed by atoms with Gasteiger partial charge in [-0.05, 0) is 42.3 Å². The average molecular weight is 340 g/mol. The van der Waals surface area contributed by atoms with Crippen molar-refractivity contribution in [2.45, 2.75) is 12.8 Å². The van der Waals surface area contributed by atoms with Gasteiger partial charge in [0.25, 0.3) is 0 Å². The lowest BCUT2D eigenvalue weighted by atomic mass is 10.1. The number of hydrogen-bond donors (Lipinski definition) is 2. The van der Waals surface area contributed by atoms with E-state index >= 15 is 0 Å². The summed E-state index contributed by atoms with van der Waals surface area (Å²) in [5.74, 6) is 0. The molecule has 0 unspecified atom stereocenters. The van der Waals surface area contributed by atoms with Gasteiger partial charge in [-0.15, -0.1) is 0 Å². The zero-order valence-corrected chi connectivity index (χ0v) is 13.9. The lowest BCUT2D eigenvalue weighted by Crippen LogP contribution is -2.36. The quantitative estimate of drug-likeness (QED) is 0.676. The zero-order chi connectivity index (χ0) is 16.5. The molecule has 24 heavy (non-hydrogen) atoms. The van der Waals surface area contributed by atoms with E-state index in [2.05, 4.69) is 28.5 Å². The average Bonchev–Trinajstić information content (AvgIpc) is 2.81. The van der Waals surface area contributed by atoms with Gasteiger partial charge in [0.1, 0.15) is 0 Å². The fraction of sp³-hybridized carbons (Fsp3) is 0.211. The SMILES string of the molecule is O=C(Nc1ccc(Cl)cc1)N1CCc2[nH]c3ccccc3c2CC1. The van der Waals surface area contributed by atoms with Gasteiger partial charge < -0.3 is 15.2 Å². The minimum absolute atomic E-state index is 0.0632. The number of amides is 2. The van der Waals surface area contributed by atoms with Gasteiger partial charge in [-0.2, -0.15) is 0 Å². The van der Waals surface area contributed by atoms with E-state index in [0.717, 1.165) is 18.5 Å². The number of carbonyl (C=O) groups is 1. The van der Waals surface area contributed by atoms with Gasteiger partial charge in [0.05, 0.1) is 0 Å². The highest BCUT2D eigenvalue weighted by atomic mass is 35.5. The fourth-order valence-corrected chi connectivity index (χ4v) is 3.42. The van der Waals surface area contributed by atoms with Crippen LogP contribution in [0.25, 0.3) is 10.9 Å². The van der Waals surface area contributed by atoms with Crippen molar-refractivity contribution in [3.05, 3.63) is 64.8 Å². The molecule has 0 spiro atoms. The van der Waals surface area contributed by atoms with Crippen molar-refractivity contribution in [2.24, 2.45) is 0 Å². The summed E-state index contributed by atoms with van der Waals surface area (Å²) in [6.45, 7) is 1.42. The zero-order valence-electron chi connectivity index (χ0n) is 13.2. The molecular formula is C19H18ClN3O. The number of hydrogen-bond acceptors (Lipinski definition) is 1. The Labute approximate surface area is 145 Å². The topological polar surface area (TPSA) is 48.1 Å². The maximum atomic E-state index is 12.5. The highest BCUT2D eigenvalue weighted by Gasteiger charge is 2.21. The number of nitrogens with zero attached hydrogens (tertiary/aromatic N) is 1. The number of para-hydroxylation sites is 1. The number of urea groups is 1. The fourth-order valence-electron chi connectivity index (χ4n) is 3.30. The molecule has 0 saturated carbocycles. The van der Waals surface area contributed by atoms with E-state index in [4.69, 9.17) is 11.6 Å². The van der Waals surface area contributed by atoms with Crippen LogP contribution < -0.4 is 5.32 Å². The molecule has 0 bridgehead atoms. The molecule has 2 aromatic carbocycles. The molecule has 4 nitrogen and oxygen atoms in total. The van der Waals surface area contributed by atoms with E-state index in [0.29, 0.717) is 18.1 Å². The summed E-state index contributed by atoms with van der Waals surface area (Å²) in [7, 11) is 0. The number of carbonyl (C=O) groups excluding carboxylic acids is 1. The Balaban J connectivity index is 1.49. The minimum Gasteiger partial charge on any atom is -0.358 e. The molecule has 0 saturated heterocycles. The predicted molar refractivity (Wildman–Crippen MR) is 97.8 cm³/mol. The van der Waals surface area contributed by atoms with Crippen molar-refractivity contribution >= 4 is 34.2 Å². The normalized spacial score (nSPS) is 14.3. The molecule has 2 amide bonds. The van der Waals surface area contributed by atoms with Gasteiger partial charge in [0, 0.05) is 46.8 Å². The van der Waals surface area contributed by atoms with Gasteiger partial charge in [-0.3, -0.25) is 0 Å². The summed E-state index contributed by atoms with van der Waals surface area (Å²) >= 11 is 5.88. The summed E-state index contributed by atoms with van der Waals surface area (Å²) in [6, 6.07) is 15.5. The summed E-state index contributed by atoms with van der Waals surface area (Å²) in [4.78, 5) is 17.9.